The fraction of sp³-hybridized carbons (Fsp3) is 0.440. The third kappa shape index (κ3) is 4.70. The normalized spacial score (nSPS) is 20.2. The molecule has 3 atom stereocenters. The molecule has 1 aliphatic rings. The monoisotopic (exact) mass is 482 g/mol. The summed E-state index contributed by atoms with van der Waals surface area (Å²) in [6.45, 7) is 5.98. The number of hydrogen-bond donors (Lipinski definition) is 2. The summed E-state index contributed by atoms with van der Waals surface area (Å²) in [6.07, 6.45) is 4.61. The summed E-state index contributed by atoms with van der Waals surface area (Å²) in [5.41, 5.74) is 0.785. The van der Waals surface area contributed by atoms with E-state index in [1.807, 2.05) is 0 Å². The Bertz CT molecular complexity index is 1280. The number of rotatable bonds is 6. The Labute approximate surface area is 202 Å². The first-order valence-electron chi connectivity index (χ1n) is 11.5. The average Bonchev–Trinajstić information content (AvgIpc) is 3.16. The smallest absolute Gasteiger partial charge is 0.262 e. The standard InChI is InChI=1S/C25H30N4O4S/c1-14-8-7-10-17(15(14)2)28-23(31)22-16(3)21-24(34-22)26-13-29(25(21)32)12-20(30)27-18-9-5-6-11-19(18)33-4/h5-6,9,11,13-15,17H,7-8,10,12H2,1-4H3,(H,27,30)(H,28,31). The molecule has 2 amide bonds. The van der Waals surface area contributed by atoms with Crippen LogP contribution in [0.25, 0.3) is 10.2 Å². The van der Waals surface area contributed by atoms with E-state index >= 15 is 0 Å². The molecule has 0 bridgehead atoms. The van der Waals surface area contributed by atoms with Crippen LogP contribution in [0.1, 0.15) is 48.3 Å². The summed E-state index contributed by atoms with van der Waals surface area (Å²) < 4.78 is 6.52. The lowest BCUT2D eigenvalue weighted by molar-refractivity contribution is -0.116. The molecular formula is C25H30N4O4S. The second-order valence-electron chi connectivity index (χ2n) is 9.01. The average molecular weight is 483 g/mol. The van der Waals surface area contributed by atoms with Crippen molar-refractivity contribution in [2.75, 3.05) is 12.4 Å². The minimum absolute atomic E-state index is 0.129. The highest BCUT2D eigenvalue weighted by Crippen LogP contribution is 2.31. The number of benzene rings is 1. The summed E-state index contributed by atoms with van der Waals surface area (Å²) in [4.78, 5) is 44.2. The summed E-state index contributed by atoms with van der Waals surface area (Å²) in [6, 6.07) is 7.19. The van der Waals surface area contributed by atoms with Gasteiger partial charge in [0.1, 0.15) is 17.1 Å². The van der Waals surface area contributed by atoms with Gasteiger partial charge in [-0.3, -0.25) is 19.0 Å². The quantitative estimate of drug-likeness (QED) is 0.554. The highest BCUT2D eigenvalue weighted by Gasteiger charge is 2.29. The maximum atomic E-state index is 13.2. The van der Waals surface area contributed by atoms with E-state index in [0.29, 0.717) is 43.9 Å². The van der Waals surface area contributed by atoms with E-state index in [1.54, 1.807) is 31.2 Å². The molecule has 0 aliphatic heterocycles. The fourth-order valence-electron chi connectivity index (χ4n) is 4.60. The van der Waals surface area contributed by atoms with Crippen LogP contribution in [0, 0.1) is 18.8 Å². The molecule has 2 heterocycles. The molecule has 1 fully saturated rings. The van der Waals surface area contributed by atoms with Gasteiger partial charge in [0.05, 0.1) is 29.4 Å². The Morgan fingerprint density at radius 1 is 1.24 bits per heavy atom. The fourth-order valence-corrected chi connectivity index (χ4v) is 5.64. The SMILES string of the molecule is COc1ccccc1NC(=O)Cn1cnc2sc(C(=O)NC3CCCC(C)C3C)c(C)c2c1=O. The van der Waals surface area contributed by atoms with Crippen LogP contribution in [-0.2, 0) is 11.3 Å². The molecule has 3 aromatic rings. The minimum Gasteiger partial charge on any atom is -0.495 e. The second kappa shape index (κ2) is 9.97. The van der Waals surface area contributed by atoms with Crippen LogP contribution in [0.2, 0.25) is 0 Å². The van der Waals surface area contributed by atoms with Gasteiger partial charge >= 0.3 is 0 Å². The second-order valence-corrected chi connectivity index (χ2v) is 10.0. The zero-order valence-electron chi connectivity index (χ0n) is 19.9. The molecule has 3 unspecified atom stereocenters. The van der Waals surface area contributed by atoms with E-state index in [1.165, 1.54) is 35.8 Å². The van der Waals surface area contributed by atoms with E-state index in [2.05, 4.69) is 29.5 Å². The molecule has 180 valence electrons. The van der Waals surface area contributed by atoms with Gasteiger partial charge in [-0.1, -0.05) is 38.8 Å². The number of hydrogen-bond acceptors (Lipinski definition) is 6. The van der Waals surface area contributed by atoms with Gasteiger partial charge in [0.15, 0.2) is 0 Å². The first-order valence-corrected chi connectivity index (χ1v) is 12.3. The number of anilines is 1. The summed E-state index contributed by atoms with van der Waals surface area (Å²) in [5, 5.41) is 6.33. The third-order valence-electron chi connectivity index (χ3n) is 6.84. The third-order valence-corrected chi connectivity index (χ3v) is 8.04. The first kappa shape index (κ1) is 23.9. The van der Waals surface area contributed by atoms with Gasteiger partial charge in [-0.25, -0.2) is 4.98 Å². The maximum absolute atomic E-state index is 13.2. The van der Waals surface area contributed by atoms with E-state index in [9.17, 15) is 14.4 Å². The Morgan fingerprint density at radius 3 is 2.76 bits per heavy atom. The molecule has 4 rings (SSSR count). The number of methoxy groups -OCH3 is 1. The van der Waals surface area contributed by atoms with Gasteiger partial charge in [0, 0.05) is 6.04 Å². The lowest BCUT2D eigenvalue weighted by Crippen LogP contribution is -2.43. The highest BCUT2D eigenvalue weighted by atomic mass is 32.1. The van der Waals surface area contributed by atoms with Gasteiger partial charge in [-0.15, -0.1) is 11.3 Å². The topological polar surface area (TPSA) is 102 Å². The van der Waals surface area contributed by atoms with Crippen molar-refractivity contribution in [2.24, 2.45) is 11.8 Å². The van der Waals surface area contributed by atoms with Crippen LogP contribution >= 0.6 is 11.3 Å². The molecule has 0 saturated heterocycles. The maximum Gasteiger partial charge on any atom is 0.262 e. The zero-order chi connectivity index (χ0) is 24.4. The minimum atomic E-state index is -0.376. The number of nitrogens with one attached hydrogen (secondary N) is 2. The predicted molar refractivity (Wildman–Crippen MR) is 134 cm³/mol. The molecule has 2 N–H and O–H groups in total. The van der Waals surface area contributed by atoms with Crippen molar-refractivity contribution in [3.63, 3.8) is 0 Å². The molecule has 8 nitrogen and oxygen atoms in total. The Morgan fingerprint density at radius 2 is 2.00 bits per heavy atom. The molecule has 1 aliphatic carbocycles. The summed E-state index contributed by atoms with van der Waals surface area (Å²) >= 11 is 1.22. The first-order chi connectivity index (χ1) is 16.3. The van der Waals surface area contributed by atoms with Gasteiger partial charge in [0.2, 0.25) is 5.91 Å². The molecule has 0 spiro atoms. The number of amides is 2. The Balaban J connectivity index is 1.54. The number of ether oxygens (including phenoxy) is 1. The van der Waals surface area contributed by atoms with Crippen LogP contribution in [-0.4, -0.2) is 34.5 Å². The van der Waals surface area contributed by atoms with Gasteiger partial charge in [0.25, 0.3) is 11.5 Å². The molecule has 2 aromatic heterocycles. The van der Waals surface area contributed by atoms with E-state index < -0.39 is 0 Å². The van der Waals surface area contributed by atoms with Gasteiger partial charge in [-0.2, -0.15) is 0 Å². The van der Waals surface area contributed by atoms with Crippen molar-refractivity contribution in [3.05, 3.63) is 51.4 Å². The molecule has 1 aromatic carbocycles. The highest BCUT2D eigenvalue weighted by molar-refractivity contribution is 7.20. The van der Waals surface area contributed by atoms with Crippen LogP contribution in [0.4, 0.5) is 5.69 Å². The van der Waals surface area contributed by atoms with Crippen molar-refractivity contribution in [1.29, 1.82) is 0 Å². The number of carbonyl (C=O) groups is 2. The number of carbonyl (C=O) groups excluding carboxylic acids is 2. The van der Waals surface area contributed by atoms with Crippen molar-refractivity contribution < 1.29 is 14.3 Å². The van der Waals surface area contributed by atoms with Gasteiger partial charge in [-0.05, 0) is 42.9 Å². The lowest BCUT2D eigenvalue weighted by Gasteiger charge is -2.34. The molecule has 0 radical (unpaired) electrons. The number of thiophene rings is 1. The molecular weight excluding hydrogens is 452 g/mol. The van der Waals surface area contributed by atoms with Crippen LogP contribution in [0.15, 0.2) is 35.4 Å². The summed E-state index contributed by atoms with van der Waals surface area (Å²) in [7, 11) is 1.52. The number of nitrogens with zero attached hydrogens (tertiary/aromatic N) is 2. The van der Waals surface area contributed by atoms with E-state index in [-0.39, 0.29) is 30.0 Å². The number of fused-ring (bicyclic) bond motifs is 1. The van der Waals surface area contributed by atoms with Crippen molar-refractivity contribution in [3.8, 4) is 5.75 Å². The lowest BCUT2D eigenvalue weighted by atomic mass is 9.78. The van der Waals surface area contributed by atoms with Crippen LogP contribution in [0.3, 0.4) is 0 Å². The van der Waals surface area contributed by atoms with E-state index in [4.69, 9.17) is 4.74 Å². The Hall–Kier alpha value is -3.20. The zero-order valence-corrected chi connectivity index (χ0v) is 20.7. The van der Waals surface area contributed by atoms with Crippen LogP contribution < -0.4 is 20.9 Å². The number of aromatic nitrogens is 2. The summed E-state index contributed by atoms with van der Waals surface area (Å²) in [5.74, 6) is 0.969. The van der Waals surface area contributed by atoms with Crippen molar-refractivity contribution in [1.82, 2.24) is 14.9 Å². The van der Waals surface area contributed by atoms with Crippen molar-refractivity contribution in [2.45, 2.75) is 52.6 Å². The molecule has 34 heavy (non-hydrogen) atoms. The van der Waals surface area contributed by atoms with Gasteiger partial charge < -0.3 is 15.4 Å². The largest absolute Gasteiger partial charge is 0.495 e. The van der Waals surface area contributed by atoms with Crippen LogP contribution in [0.5, 0.6) is 5.75 Å². The molecule has 1 saturated carbocycles. The number of para-hydroxylation sites is 2. The number of aryl methyl sites for hydroxylation is 1. The van der Waals surface area contributed by atoms with E-state index in [0.717, 1.165) is 12.8 Å². The molecule has 9 heteroatoms. The predicted octanol–water partition coefficient (Wildman–Crippen LogP) is 3.97. The Kier molecular flexibility index (Phi) is 7.02. The van der Waals surface area contributed by atoms with Crippen molar-refractivity contribution >= 4 is 39.1 Å².